The summed E-state index contributed by atoms with van der Waals surface area (Å²) in [6.45, 7) is 1.65. The molecule has 0 saturated heterocycles. The van der Waals surface area contributed by atoms with Crippen LogP contribution in [-0.4, -0.2) is 22.4 Å². The highest BCUT2D eigenvalue weighted by Crippen LogP contribution is 2.25. The van der Waals surface area contributed by atoms with Crippen LogP contribution in [0.25, 0.3) is 10.9 Å². The molecule has 126 valence electrons. The van der Waals surface area contributed by atoms with Gasteiger partial charge in [0, 0.05) is 22.0 Å². The lowest BCUT2D eigenvalue weighted by Crippen LogP contribution is -2.21. The molecule has 1 aromatic heterocycles. The number of aromatic nitrogens is 1. The van der Waals surface area contributed by atoms with E-state index in [1.165, 1.54) is 17.8 Å². The minimum atomic E-state index is -0.366. The Morgan fingerprint density at radius 3 is 2.80 bits per heavy atom. The molecular formula is C19H16FN3OS. The van der Waals surface area contributed by atoms with E-state index in [0.29, 0.717) is 11.3 Å². The van der Waals surface area contributed by atoms with Crippen LogP contribution in [0.2, 0.25) is 0 Å². The van der Waals surface area contributed by atoms with E-state index in [9.17, 15) is 9.18 Å². The first-order chi connectivity index (χ1) is 12.1. The number of hydrogen-bond donors (Lipinski definition) is 1. The number of amides is 1. The van der Waals surface area contributed by atoms with E-state index in [0.717, 1.165) is 15.8 Å². The van der Waals surface area contributed by atoms with Gasteiger partial charge in [0.25, 0.3) is 0 Å². The van der Waals surface area contributed by atoms with Crippen molar-refractivity contribution in [1.29, 1.82) is 0 Å². The molecule has 3 aromatic rings. The fraction of sp³-hybridized carbons (Fsp3) is 0.105. The normalized spacial score (nSPS) is 11.5. The van der Waals surface area contributed by atoms with Gasteiger partial charge in [0.2, 0.25) is 5.91 Å². The molecule has 1 N–H and O–H groups in total. The van der Waals surface area contributed by atoms with Gasteiger partial charge in [-0.15, -0.1) is 11.8 Å². The monoisotopic (exact) mass is 353 g/mol. The molecule has 0 saturated carbocycles. The fourth-order valence-corrected chi connectivity index (χ4v) is 3.16. The Kier molecular flexibility index (Phi) is 5.40. The molecule has 6 heteroatoms. The molecule has 0 aliphatic heterocycles. The van der Waals surface area contributed by atoms with Gasteiger partial charge < -0.3 is 0 Å². The van der Waals surface area contributed by atoms with Gasteiger partial charge in [-0.25, -0.2) is 9.82 Å². The first kappa shape index (κ1) is 17.1. The molecular weight excluding hydrogens is 337 g/mol. The van der Waals surface area contributed by atoms with Gasteiger partial charge in [-0.1, -0.05) is 36.4 Å². The van der Waals surface area contributed by atoms with Crippen LogP contribution in [0.5, 0.6) is 0 Å². The first-order valence-electron chi connectivity index (χ1n) is 7.70. The number of pyridine rings is 1. The summed E-state index contributed by atoms with van der Waals surface area (Å²) in [6.07, 6.45) is 1.73. The third-order valence-corrected chi connectivity index (χ3v) is 4.61. The molecule has 0 bridgehead atoms. The molecule has 0 aliphatic rings. The van der Waals surface area contributed by atoms with E-state index < -0.39 is 0 Å². The largest absolute Gasteiger partial charge is 0.272 e. The third-order valence-electron chi connectivity index (χ3n) is 3.57. The third kappa shape index (κ3) is 4.22. The smallest absolute Gasteiger partial charge is 0.250 e. The van der Waals surface area contributed by atoms with E-state index in [2.05, 4.69) is 15.5 Å². The number of hydrogen-bond acceptors (Lipinski definition) is 4. The second-order valence-corrected chi connectivity index (χ2v) is 6.35. The number of thioether (sulfide) groups is 1. The van der Waals surface area contributed by atoms with E-state index in [-0.39, 0.29) is 17.5 Å². The summed E-state index contributed by atoms with van der Waals surface area (Å²) >= 11 is 1.39. The van der Waals surface area contributed by atoms with Crippen molar-refractivity contribution >= 4 is 34.3 Å². The molecule has 0 spiro atoms. The summed E-state index contributed by atoms with van der Waals surface area (Å²) in [5, 5.41) is 5.01. The van der Waals surface area contributed by atoms with E-state index in [4.69, 9.17) is 0 Å². The van der Waals surface area contributed by atoms with Gasteiger partial charge >= 0.3 is 0 Å². The maximum absolute atomic E-state index is 13.7. The highest BCUT2D eigenvalue weighted by molar-refractivity contribution is 8.00. The van der Waals surface area contributed by atoms with Crippen molar-refractivity contribution < 1.29 is 9.18 Å². The number of nitrogens with zero attached hydrogens (tertiary/aromatic N) is 2. The van der Waals surface area contributed by atoms with E-state index in [1.807, 2.05) is 30.3 Å². The molecule has 3 rings (SSSR count). The maximum Gasteiger partial charge on any atom is 0.250 e. The molecule has 4 nitrogen and oxygen atoms in total. The molecule has 0 radical (unpaired) electrons. The number of nitrogens with one attached hydrogen (secondary N) is 1. The molecule has 0 aliphatic carbocycles. The van der Waals surface area contributed by atoms with Crippen LogP contribution in [0, 0.1) is 5.82 Å². The summed E-state index contributed by atoms with van der Waals surface area (Å²) in [4.78, 5) is 17.3. The second-order valence-electron chi connectivity index (χ2n) is 5.33. The number of para-hydroxylation sites is 1. The van der Waals surface area contributed by atoms with Crippen molar-refractivity contribution in [3.05, 3.63) is 72.2 Å². The molecule has 25 heavy (non-hydrogen) atoms. The number of carbonyl (C=O) groups excluding carboxylic acids is 1. The summed E-state index contributed by atoms with van der Waals surface area (Å²) < 4.78 is 13.7. The highest BCUT2D eigenvalue weighted by atomic mass is 32.2. The van der Waals surface area contributed by atoms with Crippen LogP contribution in [0.1, 0.15) is 12.5 Å². The predicted molar refractivity (Wildman–Crippen MR) is 99.2 cm³/mol. The zero-order chi connectivity index (χ0) is 17.6. The highest BCUT2D eigenvalue weighted by Gasteiger charge is 2.08. The standard InChI is InChI=1S/C19H16FN3OS/c1-13(15-8-2-3-9-16(15)20)22-23-18(24)12-25-17-10-4-6-14-7-5-11-21-19(14)17/h2-11H,12H2,1H3,(H,23,24)/b22-13-. The topological polar surface area (TPSA) is 54.4 Å². The van der Waals surface area contributed by atoms with Crippen LogP contribution in [0.3, 0.4) is 0 Å². The van der Waals surface area contributed by atoms with Crippen molar-refractivity contribution in [3.63, 3.8) is 0 Å². The molecule has 0 fully saturated rings. The van der Waals surface area contributed by atoms with Gasteiger partial charge in [-0.2, -0.15) is 5.10 Å². The number of carbonyl (C=O) groups is 1. The van der Waals surface area contributed by atoms with Crippen LogP contribution in [0.15, 0.2) is 70.8 Å². The number of fused-ring (bicyclic) bond motifs is 1. The predicted octanol–water partition coefficient (Wildman–Crippen LogP) is 4.01. The Morgan fingerprint density at radius 1 is 1.16 bits per heavy atom. The zero-order valence-corrected chi connectivity index (χ0v) is 14.4. The van der Waals surface area contributed by atoms with Crippen molar-refractivity contribution in [3.8, 4) is 0 Å². The van der Waals surface area contributed by atoms with Crippen LogP contribution in [0.4, 0.5) is 4.39 Å². The molecule has 1 heterocycles. The lowest BCUT2D eigenvalue weighted by molar-refractivity contribution is -0.118. The van der Waals surface area contributed by atoms with E-state index >= 15 is 0 Å². The maximum atomic E-state index is 13.7. The zero-order valence-electron chi connectivity index (χ0n) is 13.6. The molecule has 0 atom stereocenters. The number of benzene rings is 2. The summed E-state index contributed by atoms with van der Waals surface area (Å²) in [7, 11) is 0. The average Bonchev–Trinajstić information content (AvgIpc) is 2.64. The number of rotatable bonds is 5. The summed E-state index contributed by atoms with van der Waals surface area (Å²) in [6, 6.07) is 16.0. The first-order valence-corrected chi connectivity index (χ1v) is 8.68. The minimum absolute atomic E-state index is 0.198. The number of hydrazone groups is 1. The van der Waals surface area contributed by atoms with Crippen LogP contribution < -0.4 is 5.43 Å². The molecule has 2 aromatic carbocycles. The molecule has 0 unspecified atom stereocenters. The average molecular weight is 353 g/mol. The minimum Gasteiger partial charge on any atom is -0.272 e. The van der Waals surface area contributed by atoms with Crippen LogP contribution >= 0.6 is 11.8 Å². The summed E-state index contributed by atoms with van der Waals surface area (Å²) in [5.41, 5.74) is 4.13. The Hall–Kier alpha value is -2.73. The fourth-order valence-electron chi connectivity index (χ4n) is 2.33. The van der Waals surface area contributed by atoms with Gasteiger partial charge in [0.05, 0.1) is 17.0 Å². The number of halogens is 1. The van der Waals surface area contributed by atoms with Crippen molar-refractivity contribution in [2.75, 3.05) is 5.75 Å². The van der Waals surface area contributed by atoms with Gasteiger partial charge in [-0.3, -0.25) is 9.78 Å². The van der Waals surface area contributed by atoms with E-state index in [1.54, 1.807) is 31.3 Å². The Labute approximate surface area is 149 Å². The Balaban J connectivity index is 1.63. The lowest BCUT2D eigenvalue weighted by atomic mass is 10.1. The Bertz CT molecular complexity index is 937. The SMILES string of the molecule is C/C(=N/NC(=O)CSc1cccc2cccnc12)c1ccccc1F. The van der Waals surface area contributed by atoms with Gasteiger partial charge in [0.1, 0.15) is 5.82 Å². The second kappa shape index (κ2) is 7.90. The van der Waals surface area contributed by atoms with Gasteiger partial charge in [0.15, 0.2) is 0 Å². The van der Waals surface area contributed by atoms with Crippen molar-refractivity contribution in [1.82, 2.24) is 10.4 Å². The van der Waals surface area contributed by atoms with Crippen molar-refractivity contribution in [2.45, 2.75) is 11.8 Å². The molecule has 1 amide bonds. The summed E-state index contributed by atoms with van der Waals surface area (Å²) in [5.74, 6) is -0.424. The quantitative estimate of drug-likeness (QED) is 0.428. The van der Waals surface area contributed by atoms with Crippen molar-refractivity contribution in [2.24, 2.45) is 5.10 Å². The lowest BCUT2D eigenvalue weighted by Gasteiger charge is -2.06. The van der Waals surface area contributed by atoms with Crippen LogP contribution in [-0.2, 0) is 4.79 Å². The Morgan fingerprint density at radius 2 is 1.96 bits per heavy atom. The van der Waals surface area contributed by atoms with Gasteiger partial charge in [-0.05, 0) is 25.1 Å².